The number of halogens is 2. The highest BCUT2D eigenvalue weighted by molar-refractivity contribution is 14.1. The Bertz CT molecular complexity index is 507. The van der Waals surface area contributed by atoms with Crippen LogP contribution in [0, 0.1) is 3.57 Å². The smallest absolute Gasteiger partial charge is 0.305 e. The zero-order chi connectivity index (χ0) is 14.6. The second kappa shape index (κ2) is 6.95. The molecule has 104 valence electrons. The third-order valence-corrected chi connectivity index (χ3v) is 3.87. The van der Waals surface area contributed by atoms with E-state index < -0.39 is 17.9 Å². The van der Waals surface area contributed by atoms with Crippen molar-refractivity contribution >= 4 is 46.1 Å². The molecule has 1 amide bonds. The molecule has 2 N–H and O–H groups in total. The molecule has 0 heterocycles. The van der Waals surface area contributed by atoms with Gasteiger partial charge >= 0.3 is 5.97 Å². The lowest BCUT2D eigenvalue weighted by Crippen LogP contribution is -2.34. The van der Waals surface area contributed by atoms with E-state index in [9.17, 15) is 9.59 Å². The summed E-state index contributed by atoms with van der Waals surface area (Å²) in [6.07, 6.45) is -0.147. The second-order valence-corrected chi connectivity index (χ2v) is 5.51. The van der Waals surface area contributed by atoms with Gasteiger partial charge in [-0.2, -0.15) is 0 Å². The maximum absolute atomic E-state index is 12.0. The van der Waals surface area contributed by atoms with Crippen LogP contribution in [0.1, 0.15) is 23.7 Å². The summed E-state index contributed by atoms with van der Waals surface area (Å²) in [5.74, 6) is -0.988. The van der Waals surface area contributed by atoms with Gasteiger partial charge in [0, 0.05) is 9.61 Å². The molecular weight excluding hydrogens is 384 g/mol. The molecule has 0 radical (unpaired) electrons. The van der Waals surface area contributed by atoms with Crippen molar-refractivity contribution in [2.24, 2.45) is 0 Å². The molecule has 7 heteroatoms. The molecule has 0 aromatic heterocycles. The van der Waals surface area contributed by atoms with Gasteiger partial charge in [-0.05, 0) is 41.6 Å². The van der Waals surface area contributed by atoms with Gasteiger partial charge in [0.1, 0.15) is 5.75 Å². The molecule has 0 saturated carbocycles. The number of hydrogen-bond donors (Lipinski definition) is 2. The van der Waals surface area contributed by atoms with Gasteiger partial charge in [0.25, 0.3) is 5.91 Å². The molecule has 0 spiro atoms. The van der Waals surface area contributed by atoms with E-state index in [0.717, 1.165) is 3.57 Å². The molecule has 1 aromatic rings. The van der Waals surface area contributed by atoms with Crippen LogP contribution in [0.15, 0.2) is 12.1 Å². The van der Waals surface area contributed by atoms with Crippen LogP contribution < -0.4 is 10.1 Å². The number of carbonyl (C=O) groups is 2. The predicted octanol–water partition coefficient (Wildman–Crippen LogP) is 2.55. The van der Waals surface area contributed by atoms with Crippen molar-refractivity contribution in [2.75, 3.05) is 7.11 Å². The first-order chi connectivity index (χ1) is 8.85. The standard InChI is InChI=1S/C12H13ClINO4/c1-6(3-11(16)17)15-12(18)7-4-8(13)9(14)5-10(7)19-2/h4-6H,3H2,1-2H3,(H,15,18)(H,16,17). The first kappa shape index (κ1) is 16.0. The summed E-state index contributed by atoms with van der Waals surface area (Å²) in [4.78, 5) is 22.6. The molecule has 5 nitrogen and oxygen atoms in total. The Kier molecular flexibility index (Phi) is 5.86. The molecule has 0 saturated heterocycles. The molecule has 1 atom stereocenters. The van der Waals surface area contributed by atoms with Gasteiger partial charge in [-0.3, -0.25) is 9.59 Å². The minimum atomic E-state index is -0.972. The van der Waals surface area contributed by atoms with E-state index in [4.69, 9.17) is 21.4 Å². The average molecular weight is 398 g/mol. The van der Waals surface area contributed by atoms with Crippen LogP contribution in [0.2, 0.25) is 5.02 Å². The molecule has 0 aliphatic rings. The van der Waals surface area contributed by atoms with Crippen molar-refractivity contribution in [1.29, 1.82) is 0 Å². The average Bonchev–Trinajstić information content (AvgIpc) is 2.30. The lowest BCUT2D eigenvalue weighted by Gasteiger charge is -2.14. The maximum Gasteiger partial charge on any atom is 0.305 e. The molecule has 1 rings (SSSR count). The Balaban J connectivity index is 2.93. The zero-order valence-corrected chi connectivity index (χ0v) is 13.3. The lowest BCUT2D eigenvalue weighted by molar-refractivity contribution is -0.137. The van der Waals surface area contributed by atoms with Gasteiger partial charge in [-0.1, -0.05) is 11.6 Å². The minimum Gasteiger partial charge on any atom is -0.496 e. The quantitative estimate of drug-likeness (QED) is 0.749. The van der Waals surface area contributed by atoms with Crippen LogP contribution in [0.25, 0.3) is 0 Å². The van der Waals surface area contributed by atoms with Crippen molar-refractivity contribution in [1.82, 2.24) is 5.32 Å². The van der Waals surface area contributed by atoms with Gasteiger partial charge in [0.05, 0.1) is 24.1 Å². The van der Waals surface area contributed by atoms with E-state index in [1.807, 2.05) is 22.6 Å². The monoisotopic (exact) mass is 397 g/mol. The Morgan fingerprint density at radius 1 is 1.53 bits per heavy atom. The Morgan fingerprint density at radius 2 is 2.16 bits per heavy atom. The van der Waals surface area contributed by atoms with Crippen molar-refractivity contribution in [2.45, 2.75) is 19.4 Å². The van der Waals surface area contributed by atoms with Crippen molar-refractivity contribution in [3.8, 4) is 5.75 Å². The van der Waals surface area contributed by atoms with E-state index in [1.165, 1.54) is 13.2 Å². The van der Waals surface area contributed by atoms with Crippen LogP contribution in [-0.2, 0) is 4.79 Å². The number of aliphatic carboxylic acids is 1. The number of hydrogen-bond acceptors (Lipinski definition) is 3. The minimum absolute atomic E-state index is 0.147. The van der Waals surface area contributed by atoms with Gasteiger partial charge < -0.3 is 15.2 Å². The van der Waals surface area contributed by atoms with Gasteiger partial charge in [-0.15, -0.1) is 0 Å². The van der Waals surface area contributed by atoms with E-state index in [1.54, 1.807) is 13.0 Å². The summed E-state index contributed by atoms with van der Waals surface area (Å²) in [5.41, 5.74) is 0.283. The predicted molar refractivity (Wildman–Crippen MR) is 79.9 cm³/mol. The maximum atomic E-state index is 12.0. The largest absolute Gasteiger partial charge is 0.496 e. The number of rotatable bonds is 5. The number of nitrogens with one attached hydrogen (secondary N) is 1. The number of ether oxygens (including phenoxy) is 1. The van der Waals surface area contributed by atoms with Crippen LogP contribution >= 0.6 is 34.2 Å². The zero-order valence-electron chi connectivity index (χ0n) is 10.4. The second-order valence-electron chi connectivity index (χ2n) is 3.94. The summed E-state index contributed by atoms with van der Waals surface area (Å²) < 4.78 is 5.89. The van der Waals surface area contributed by atoms with Crippen LogP contribution in [0.4, 0.5) is 0 Å². The Labute approximate surface area is 129 Å². The fourth-order valence-electron chi connectivity index (χ4n) is 1.49. The van der Waals surface area contributed by atoms with Crippen LogP contribution in [-0.4, -0.2) is 30.1 Å². The summed E-state index contributed by atoms with van der Waals surface area (Å²) in [5, 5.41) is 11.7. The number of carbonyl (C=O) groups excluding carboxylic acids is 1. The fraction of sp³-hybridized carbons (Fsp3) is 0.333. The molecule has 0 aliphatic carbocycles. The summed E-state index contributed by atoms with van der Waals surface area (Å²) in [6, 6.07) is 2.68. The van der Waals surface area contributed by atoms with Crippen molar-refractivity contribution < 1.29 is 19.4 Å². The Morgan fingerprint density at radius 3 is 2.68 bits per heavy atom. The normalized spacial score (nSPS) is 11.8. The first-order valence-electron chi connectivity index (χ1n) is 5.40. The fourth-order valence-corrected chi connectivity index (χ4v) is 2.09. The first-order valence-corrected chi connectivity index (χ1v) is 6.86. The summed E-state index contributed by atoms with van der Waals surface area (Å²) >= 11 is 8.00. The highest BCUT2D eigenvalue weighted by Crippen LogP contribution is 2.28. The molecule has 1 unspecified atom stereocenters. The summed E-state index contributed by atoms with van der Waals surface area (Å²) in [7, 11) is 1.46. The molecule has 0 fully saturated rings. The number of carboxylic acid groups (broad SMARTS) is 1. The van der Waals surface area contributed by atoms with Crippen LogP contribution in [0.5, 0.6) is 5.75 Å². The third-order valence-electron chi connectivity index (χ3n) is 2.35. The molecule has 0 aliphatic heterocycles. The van der Waals surface area contributed by atoms with Gasteiger partial charge in [-0.25, -0.2) is 0 Å². The molecular formula is C12H13ClINO4. The third kappa shape index (κ3) is 4.54. The summed E-state index contributed by atoms with van der Waals surface area (Å²) in [6.45, 7) is 1.62. The van der Waals surface area contributed by atoms with Crippen molar-refractivity contribution in [3.05, 3.63) is 26.3 Å². The number of carboxylic acids is 1. The molecule has 19 heavy (non-hydrogen) atoms. The van der Waals surface area contributed by atoms with Crippen LogP contribution in [0.3, 0.4) is 0 Å². The Hall–Kier alpha value is -1.02. The highest BCUT2D eigenvalue weighted by atomic mass is 127. The van der Waals surface area contributed by atoms with Gasteiger partial charge in [0.2, 0.25) is 0 Å². The topological polar surface area (TPSA) is 75.6 Å². The SMILES string of the molecule is COc1cc(I)c(Cl)cc1C(=O)NC(C)CC(=O)O. The number of benzene rings is 1. The van der Waals surface area contributed by atoms with Gasteiger partial charge in [0.15, 0.2) is 0 Å². The van der Waals surface area contributed by atoms with Crippen molar-refractivity contribution in [3.63, 3.8) is 0 Å². The van der Waals surface area contributed by atoms with E-state index in [2.05, 4.69) is 5.32 Å². The highest BCUT2D eigenvalue weighted by Gasteiger charge is 2.18. The van der Waals surface area contributed by atoms with E-state index in [0.29, 0.717) is 10.8 Å². The molecule has 1 aromatic carbocycles. The molecule has 0 bridgehead atoms. The number of amides is 1. The van der Waals surface area contributed by atoms with E-state index >= 15 is 0 Å². The lowest BCUT2D eigenvalue weighted by atomic mass is 10.1. The number of methoxy groups -OCH3 is 1. The van der Waals surface area contributed by atoms with E-state index in [-0.39, 0.29) is 12.0 Å².